The van der Waals surface area contributed by atoms with Crippen LogP contribution in [-0.2, 0) is 0 Å². The Morgan fingerprint density at radius 3 is 2.79 bits per heavy atom. The molecule has 2 heterocycles. The molecule has 122 valence electrons. The van der Waals surface area contributed by atoms with Crippen LogP contribution in [0.5, 0.6) is 5.88 Å². The number of aryl methyl sites for hydroxylation is 1. The highest BCUT2D eigenvalue weighted by atomic mass is 16.5. The van der Waals surface area contributed by atoms with Gasteiger partial charge in [0.25, 0.3) is 0 Å². The molecule has 3 aromatic rings. The minimum Gasteiger partial charge on any atom is -0.474 e. The SMILES string of the molecule is Cc1nc2cc(Nc3cc(N)c(C#N)c(OC(C)C)n3)ccc2o1. The Labute approximate surface area is 139 Å². The predicted octanol–water partition coefficient (Wildman–Crippen LogP) is 3.52. The van der Waals surface area contributed by atoms with Crippen LogP contribution in [0.15, 0.2) is 28.7 Å². The van der Waals surface area contributed by atoms with Crippen LogP contribution < -0.4 is 15.8 Å². The third kappa shape index (κ3) is 3.08. The van der Waals surface area contributed by atoms with E-state index in [1.807, 2.05) is 38.1 Å². The fourth-order valence-corrected chi connectivity index (χ4v) is 2.29. The molecular formula is C17H17N5O2. The summed E-state index contributed by atoms with van der Waals surface area (Å²) >= 11 is 0. The highest BCUT2D eigenvalue weighted by Crippen LogP contribution is 2.28. The Kier molecular flexibility index (Phi) is 3.96. The third-order valence-electron chi connectivity index (χ3n) is 3.24. The van der Waals surface area contributed by atoms with E-state index in [1.165, 1.54) is 0 Å². The van der Waals surface area contributed by atoms with E-state index in [0.29, 0.717) is 23.0 Å². The van der Waals surface area contributed by atoms with Crippen LogP contribution in [0.3, 0.4) is 0 Å². The summed E-state index contributed by atoms with van der Waals surface area (Å²) in [6.45, 7) is 5.52. The van der Waals surface area contributed by atoms with Crippen molar-refractivity contribution in [3.8, 4) is 11.9 Å². The lowest BCUT2D eigenvalue weighted by atomic mass is 10.2. The Morgan fingerprint density at radius 2 is 2.08 bits per heavy atom. The van der Waals surface area contributed by atoms with Gasteiger partial charge in [-0.25, -0.2) is 4.98 Å². The molecule has 0 atom stereocenters. The first-order valence-electron chi connectivity index (χ1n) is 7.47. The second-order valence-corrected chi connectivity index (χ2v) is 5.60. The molecule has 0 aliphatic heterocycles. The van der Waals surface area contributed by atoms with Crippen LogP contribution in [0.2, 0.25) is 0 Å². The molecule has 24 heavy (non-hydrogen) atoms. The number of nitrogens with zero attached hydrogens (tertiary/aromatic N) is 3. The van der Waals surface area contributed by atoms with Crippen LogP contribution >= 0.6 is 0 Å². The number of nitrogen functional groups attached to an aromatic ring is 1. The minimum absolute atomic E-state index is 0.117. The van der Waals surface area contributed by atoms with Crippen LogP contribution in [0.25, 0.3) is 11.1 Å². The molecule has 0 unspecified atom stereocenters. The van der Waals surface area contributed by atoms with E-state index < -0.39 is 0 Å². The number of ether oxygens (including phenoxy) is 1. The van der Waals surface area contributed by atoms with Gasteiger partial charge in [-0.1, -0.05) is 0 Å². The maximum absolute atomic E-state index is 9.22. The number of nitriles is 1. The van der Waals surface area contributed by atoms with Gasteiger partial charge in [0.15, 0.2) is 11.5 Å². The summed E-state index contributed by atoms with van der Waals surface area (Å²) in [5.41, 5.74) is 8.73. The van der Waals surface area contributed by atoms with Crippen molar-refractivity contribution in [2.45, 2.75) is 26.9 Å². The summed E-state index contributed by atoms with van der Waals surface area (Å²) in [5.74, 6) is 1.31. The van der Waals surface area contributed by atoms with Gasteiger partial charge < -0.3 is 20.2 Å². The van der Waals surface area contributed by atoms with E-state index in [2.05, 4.69) is 15.3 Å². The number of oxazole rings is 1. The molecule has 2 aromatic heterocycles. The fourth-order valence-electron chi connectivity index (χ4n) is 2.29. The number of aromatic nitrogens is 2. The van der Waals surface area contributed by atoms with Gasteiger partial charge in [-0.05, 0) is 32.0 Å². The Hall–Kier alpha value is -3.27. The average Bonchev–Trinajstić information content (AvgIpc) is 2.86. The van der Waals surface area contributed by atoms with Gasteiger partial charge >= 0.3 is 0 Å². The number of nitrogens with two attached hydrogens (primary N) is 1. The largest absolute Gasteiger partial charge is 0.474 e. The molecule has 0 saturated heterocycles. The quantitative estimate of drug-likeness (QED) is 0.755. The van der Waals surface area contributed by atoms with Crippen LogP contribution in [0.1, 0.15) is 25.3 Å². The number of rotatable bonds is 4. The highest BCUT2D eigenvalue weighted by Gasteiger charge is 2.14. The molecule has 0 aliphatic rings. The van der Waals surface area contributed by atoms with Gasteiger partial charge in [0.1, 0.15) is 23.0 Å². The number of hydrogen-bond donors (Lipinski definition) is 2. The fraction of sp³-hybridized carbons (Fsp3) is 0.235. The standard InChI is InChI=1S/C17H17N5O2/c1-9(2)23-17-12(8-18)13(19)7-16(22-17)21-11-4-5-15-14(6-11)20-10(3)24-15/h4-7,9H,1-3H3,(H3,19,21,22). The summed E-state index contributed by atoms with van der Waals surface area (Å²) in [7, 11) is 0. The molecule has 3 N–H and O–H groups in total. The van der Waals surface area contributed by atoms with E-state index in [4.69, 9.17) is 14.9 Å². The summed E-state index contributed by atoms with van der Waals surface area (Å²) in [5, 5.41) is 12.4. The first kappa shape index (κ1) is 15.6. The lowest BCUT2D eigenvalue weighted by molar-refractivity contribution is 0.232. The molecule has 0 bridgehead atoms. The van der Waals surface area contributed by atoms with Crippen LogP contribution in [0, 0.1) is 18.3 Å². The number of hydrogen-bond acceptors (Lipinski definition) is 7. The minimum atomic E-state index is -0.117. The number of nitrogens with one attached hydrogen (secondary N) is 1. The van der Waals surface area contributed by atoms with E-state index in [-0.39, 0.29) is 17.5 Å². The van der Waals surface area contributed by atoms with Crippen molar-refractivity contribution in [3.63, 3.8) is 0 Å². The zero-order chi connectivity index (χ0) is 17.3. The van der Waals surface area contributed by atoms with Crippen molar-refractivity contribution >= 4 is 28.3 Å². The number of pyridine rings is 1. The molecule has 0 amide bonds. The number of benzene rings is 1. The normalized spacial score (nSPS) is 10.8. The van der Waals surface area contributed by atoms with Crippen molar-refractivity contribution in [3.05, 3.63) is 35.7 Å². The summed E-state index contributed by atoms with van der Waals surface area (Å²) in [6.07, 6.45) is -0.117. The second-order valence-electron chi connectivity index (χ2n) is 5.60. The first-order chi connectivity index (χ1) is 11.5. The molecule has 7 nitrogen and oxygen atoms in total. The van der Waals surface area contributed by atoms with Gasteiger partial charge in [-0.15, -0.1) is 0 Å². The molecule has 1 aromatic carbocycles. The van der Waals surface area contributed by atoms with Crippen molar-refractivity contribution in [2.75, 3.05) is 11.1 Å². The molecule has 7 heteroatoms. The molecule has 0 spiro atoms. The van der Waals surface area contributed by atoms with Crippen molar-refractivity contribution in [1.29, 1.82) is 5.26 Å². The van der Waals surface area contributed by atoms with E-state index in [1.54, 1.807) is 13.0 Å². The average molecular weight is 323 g/mol. The maximum atomic E-state index is 9.22. The van der Waals surface area contributed by atoms with Gasteiger partial charge in [0.2, 0.25) is 5.88 Å². The van der Waals surface area contributed by atoms with E-state index >= 15 is 0 Å². The highest BCUT2D eigenvalue weighted by molar-refractivity contribution is 5.79. The Bertz CT molecular complexity index is 940. The van der Waals surface area contributed by atoms with Gasteiger partial charge in [0.05, 0.1) is 11.8 Å². The molecule has 0 radical (unpaired) electrons. The predicted molar refractivity (Wildman–Crippen MR) is 91.2 cm³/mol. The maximum Gasteiger partial charge on any atom is 0.236 e. The molecule has 0 fully saturated rings. The molecular weight excluding hydrogens is 306 g/mol. The topological polar surface area (TPSA) is 110 Å². The van der Waals surface area contributed by atoms with Crippen LogP contribution in [0.4, 0.5) is 17.2 Å². The molecule has 0 aliphatic carbocycles. The van der Waals surface area contributed by atoms with Crippen molar-refractivity contribution < 1.29 is 9.15 Å². The van der Waals surface area contributed by atoms with Gasteiger partial charge in [-0.2, -0.15) is 10.2 Å². The van der Waals surface area contributed by atoms with E-state index in [9.17, 15) is 5.26 Å². The smallest absolute Gasteiger partial charge is 0.236 e. The second kappa shape index (κ2) is 6.08. The number of fused-ring (bicyclic) bond motifs is 1. The molecule has 3 rings (SSSR count). The lowest BCUT2D eigenvalue weighted by Crippen LogP contribution is -2.10. The third-order valence-corrected chi connectivity index (χ3v) is 3.24. The summed E-state index contributed by atoms with van der Waals surface area (Å²) in [4.78, 5) is 8.64. The van der Waals surface area contributed by atoms with Crippen molar-refractivity contribution in [2.24, 2.45) is 0 Å². The Morgan fingerprint density at radius 1 is 1.29 bits per heavy atom. The zero-order valence-corrected chi connectivity index (χ0v) is 13.6. The van der Waals surface area contributed by atoms with Gasteiger partial charge in [0, 0.05) is 18.7 Å². The monoisotopic (exact) mass is 323 g/mol. The zero-order valence-electron chi connectivity index (χ0n) is 13.6. The molecule has 0 saturated carbocycles. The van der Waals surface area contributed by atoms with Crippen LogP contribution in [-0.4, -0.2) is 16.1 Å². The number of anilines is 3. The van der Waals surface area contributed by atoms with E-state index in [0.717, 1.165) is 11.2 Å². The van der Waals surface area contributed by atoms with Crippen molar-refractivity contribution in [1.82, 2.24) is 9.97 Å². The van der Waals surface area contributed by atoms with Gasteiger partial charge in [-0.3, -0.25) is 0 Å². The summed E-state index contributed by atoms with van der Waals surface area (Å²) in [6, 6.07) is 9.16. The Balaban J connectivity index is 1.96. The lowest BCUT2D eigenvalue weighted by Gasteiger charge is -2.14. The summed E-state index contributed by atoms with van der Waals surface area (Å²) < 4.78 is 11.0. The first-order valence-corrected chi connectivity index (χ1v) is 7.47.